The van der Waals surface area contributed by atoms with E-state index in [9.17, 15) is 4.39 Å². The number of halogens is 2. The SMILES string of the molecule is CCNC(=NCC1(c2cccc(F)c2)CCOCC1)N(C)Cc1ccccc1OC.I. The molecule has 170 valence electrons. The highest BCUT2D eigenvalue weighted by molar-refractivity contribution is 14.0. The van der Waals surface area contributed by atoms with Gasteiger partial charge in [-0.3, -0.25) is 4.99 Å². The van der Waals surface area contributed by atoms with Gasteiger partial charge < -0.3 is 19.7 Å². The number of guanidine groups is 1. The molecule has 1 saturated heterocycles. The molecular formula is C24H33FIN3O2. The zero-order valence-electron chi connectivity index (χ0n) is 18.6. The van der Waals surface area contributed by atoms with Crippen LogP contribution in [0.5, 0.6) is 5.75 Å². The van der Waals surface area contributed by atoms with Crippen LogP contribution in [0.3, 0.4) is 0 Å². The van der Waals surface area contributed by atoms with Crippen LogP contribution in [0.4, 0.5) is 4.39 Å². The fourth-order valence-corrected chi connectivity index (χ4v) is 3.98. The second-order valence-electron chi connectivity index (χ2n) is 7.74. The van der Waals surface area contributed by atoms with Crippen molar-refractivity contribution in [2.45, 2.75) is 31.7 Å². The zero-order chi connectivity index (χ0) is 21.4. The Kier molecular flexibility index (Phi) is 10.0. The Balaban J connectivity index is 0.00000341. The van der Waals surface area contributed by atoms with Crippen molar-refractivity contribution in [1.82, 2.24) is 10.2 Å². The van der Waals surface area contributed by atoms with Crippen molar-refractivity contribution in [2.75, 3.05) is 40.5 Å². The Morgan fingerprint density at radius 3 is 2.61 bits per heavy atom. The van der Waals surface area contributed by atoms with Crippen LogP contribution in [-0.2, 0) is 16.7 Å². The van der Waals surface area contributed by atoms with Gasteiger partial charge in [0.1, 0.15) is 11.6 Å². The maximum absolute atomic E-state index is 14.0. The summed E-state index contributed by atoms with van der Waals surface area (Å²) in [6.07, 6.45) is 1.66. The van der Waals surface area contributed by atoms with Crippen LogP contribution in [0, 0.1) is 5.82 Å². The van der Waals surface area contributed by atoms with Crippen LogP contribution in [0.2, 0.25) is 0 Å². The molecule has 0 bridgehead atoms. The van der Waals surface area contributed by atoms with Gasteiger partial charge in [-0.05, 0) is 43.5 Å². The van der Waals surface area contributed by atoms with E-state index in [-0.39, 0.29) is 35.2 Å². The highest BCUT2D eigenvalue weighted by atomic mass is 127. The molecular weight excluding hydrogens is 508 g/mol. The summed E-state index contributed by atoms with van der Waals surface area (Å²) in [4.78, 5) is 7.08. The van der Waals surface area contributed by atoms with Gasteiger partial charge in [-0.25, -0.2) is 4.39 Å². The van der Waals surface area contributed by atoms with E-state index in [0.717, 1.165) is 42.2 Å². The predicted molar refractivity (Wildman–Crippen MR) is 134 cm³/mol. The first-order chi connectivity index (χ1) is 14.6. The van der Waals surface area contributed by atoms with E-state index in [4.69, 9.17) is 14.5 Å². The molecule has 0 radical (unpaired) electrons. The van der Waals surface area contributed by atoms with E-state index >= 15 is 0 Å². The number of ether oxygens (including phenoxy) is 2. The van der Waals surface area contributed by atoms with Crippen molar-refractivity contribution in [3.63, 3.8) is 0 Å². The molecule has 7 heteroatoms. The molecule has 2 aromatic rings. The zero-order valence-corrected chi connectivity index (χ0v) is 20.9. The molecule has 0 atom stereocenters. The number of nitrogens with one attached hydrogen (secondary N) is 1. The van der Waals surface area contributed by atoms with E-state index in [2.05, 4.69) is 23.2 Å². The van der Waals surface area contributed by atoms with Crippen molar-refractivity contribution in [1.29, 1.82) is 0 Å². The number of rotatable bonds is 7. The Hall–Kier alpha value is -1.87. The minimum absolute atomic E-state index is 0. The summed E-state index contributed by atoms with van der Waals surface area (Å²) in [5.74, 6) is 1.48. The van der Waals surface area contributed by atoms with E-state index in [1.807, 2.05) is 31.3 Å². The van der Waals surface area contributed by atoms with Gasteiger partial charge >= 0.3 is 0 Å². The summed E-state index contributed by atoms with van der Waals surface area (Å²) >= 11 is 0. The normalized spacial score (nSPS) is 15.7. The quantitative estimate of drug-likeness (QED) is 0.317. The van der Waals surface area contributed by atoms with E-state index in [0.29, 0.717) is 26.3 Å². The minimum Gasteiger partial charge on any atom is -0.496 e. The largest absolute Gasteiger partial charge is 0.496 e. The average molecular weight is 541 g/mol. The monoisotopic (exact) mass is 541 g/mol. The molecule has 0 unspecified atom stereocenters. The highest BCUT2D eigenvalue weighted by Crippen LogP contribution is 2.35. The lowest BCUT2D eigenvalue weighted by atomic mass is 9.74. The fourth-order valence-electron chi connectivity index (χ4n) is 3.98. The number of aliphatic imine (C=N–C) groups is 1. The van der Waals surface area contributed by atoms with Gasteiger partial charge in [0.05, 0.1) is 13.7 Å². The predicted octanol–water partition coefficient (Wildman–Crippen LogP) is 4.60. The van der Waals surface area contributed by atoms with Crippen LogP contribution in [0.15, 0.2) is 53.5 Å². The summed E-state index contributed by atoms with van der Waals surface area (Å²) in [5.41, 5.74) is 1.88. The van der Waals surface area contributed by atoms with Gasteiger partial charge in [0.25, 0.3) is 0 Å². The van der Waals surface area contributed by atoms with Crippen molar-refractivity contribution in [2.24, 2.45) is 4.99 Å². The van der Waals surface area contributed by atoms with Crippen LogP contribution in [0.1, 0.15) is 30.9 Å². The van der Waals surface area contributed by atoms with Crippen molar-refractivity contribution in [3.8, 4) is 5.75 Å². The molecule has 1 aliphatic rings. The van der Waals surface area contributed by atoms with Crippen LogP contribution in [-0.4, -0.2) is 51.3 Å². The first-order valence-electron chi connectivity index (χ1n) is 10.5. The smallest absolute Gasteiger partial charge is 0.193 e. The summed E-state index contributed by atoms with van der Waals surface area (Å²) in [6, 6.07) is 14.9. The lowest BCUT2D eigenvalue weighted by Gasteiger charge is -2.37. The Bertz CT molecular complexity index is 856. The number of benzene rings is 2. The molecule has 0 aromatic heterocycles. The second kappa shape index (κ2) is 12.2. The van der Waals surface area contributed by atoms with Crippen molar-refractivity contribution >= 4 is 29.9 Å². The first-order valence-corrected chi connectivity index (χ1v) is 10.5. The molecule has 0 saturated carbocycles. The standard InChI is InChI=1S/C24H32FN3O2.HI/c1-4-26-23(28(2)17-19-8-5-6-11-22(19)29-3)27-18-24(12-14-30-15-13-24)20-9-7-10-21(25)16-20;/h5-11,16H,4,12-15,17-18H2,1-3H3,(H,26,27);1H. The third kappa shape index (κ3) is 6.55. The number of hydrogen-bond donors (Lipinski definition) is 1. The number of para-hydroxylation sites is 1. The number of nitrogens with zero attached hydrogens (tertiary/aromatic N) is 2. The molecule has 5 nitrogen and oxygen atoms in total. The molecule has 1 aliphatic heterocycles. The van der Waals surface area contributed by atoms with Crippen LogP contribution in [0.25, 0.3) is 0 Å². The van der Waals surface area contributed by atoms with Crippen LogP contribution >= 0.6 is 24.0 Å². The topological polar surface area (TPSA) is 46.1 Å². The number of methoxy groups -OCH3 is 1. The highest BCUT2D eigenvalue weighted by Gasteiger charge is 2.35. The lowest BCUT2D eigenvalue weighted by molar-refractivity contribution is 0.0529. The van der Waals surface area contributed by atoms with Gasteiger partial charge in [-0.15, -0.1) is 24.0 Å². The molecule has 0 aliphatic carbocycles. The van der Waals surface area contributed by atoms with Crippen molar-refractivity contribution < 1.29 is 13.9 Å². The molecule has 1 fully saturated rings. The lowest BCUT2D eigenvalue weighted by Crippen LogP contribution is -2.42. The molecule has 3 rings (SSSR count). The van der Waals surface area contributed by atoms with Gasteiger partial charge in [0.2, 0.25) is 0 Å². The fraction of sp³-hybridized carbons (Fsp3) is 0.458. The van der Waals surface area contributed by atoms with E-state index in [1.54, 1.807) is 19.2 Å². The summed E-state index contributed by atoms with van der Waals surface area (Å²) < 4.78 is 25.0. The van der Waals surface area contributed by atoms with Gasteiger partial charge in [0.15, 0.2) is 5.96 Å². The van der Waals surface area contributed by atoms with Crippen molar-refractivity contribution in [3.05, 3.63) is 65.5 Å². The first kappa shape index (κ1) is 25.4. The Morgan fingerprint density at radius 1 is 1.19 bits per heavy atom. The average Bonchev–Trinajstić information content (AvgIpc) is 2.77. The third-order valence-corrected chi connectivity index (χ3v) is 5.71. The minimum atomic E-state index is -0.216. The molecule has 1 heterocycles. The Labute approximate surface area is 202 Å². The summed E-state index contributed by atoms with van der Waals surface area (Å²) in [5, 5.41) is 3.39. The molecule has 0 amide bonds. The van der Waals surface area contributed by atoms with E-state index in [1.165, 1.54) is 6.07 Å². The second-order valence-corrected chi connectivity index (χ2v) is 7.74. The molecule has 31 heavy (non-hydrogen) atoms. The van der Waals surface area contributed by atoms with Crippen LogP contribution < -0.4 is 10.1 Å². The van der Waals surface area contributed by atoms with Gasteiger partial charge in [-0.1, -0.05) is 30.3 Å². The summed E-state index contributed by atoms with van der Waals surface area (Å²) in [6.45, 7) is 5.41. The van der Waals surface area contributed by atoms with E-state index < -0.39 is 0 Å². The van der Waals surface area contributed by atoms with Gasteiger partial charge in [-0.2, -0.15) is 0 Å². The molecule has 2 aromatic carbocycles. The summed E-state index contributed by atoms with van der Waals surface area (Å²) in [7, 11) is 3.71. The third-order valence-electron chi connectivity index (χ3n) is 5.71. The molecule has 1 N–H and O–H groups in total. The number of hydrogen-bond acceptors (Lipinski definition) is 3. The Morgan fingerprint density at radius 2 is 1.94 bits per heavy atom. The molecule has 0 spiro atoms. The van der Waals surface area contributed by atoms with Gasteiger partial charge in [0, 0.05) is 44.3 Å². The maximum atomic E-state index is 14.0. The maximum Gasteiger partial charge on any atom is 0.193 e.